The van der Waals surface area contributed by atoms with Crippen molar-refractivity contribution in [1.82, 2.24) is 19.5 Å². The van der Waals surface area contributed by atoms with E-state index in [1.54, 1.807) is 31.6 Å². The van der Waals surface area contributed by atoms with Crippen molar-refractivity contribution >= 4 is 32.7 Å². The number of fused-ring (bicyclic) bond motifs is 1. The highest BCUT2D eigenvalue weighted by Crippen LogP contribution is 2.26. The SMILES string of the molecule is COc1ccc(C(=O)Nc2cnc3c(c2)c(C)nn3C)cc1S(=O)(=O)NC(C)C. The average Bonchev–Trinajstić information content (AvgIpc) is 2.93. The van der Waals surface area contributed by atoms with E-state index in [0.717, 1.165) is 11.1 Å². The lowest BCUT2D eigenvalue weighted by Crippen LogP contribution is -2.30. The van der Waals surface area contributed by atoms with E-state index < -0.39 is 15.9 Å². The summed E-state index contributed by atoms with van der Waals surface area (Å²) in [5.41, 5.74) is 2.17. The number of hydrogen-bond donors (Lipinski definition) is 2. The Morgan fingerprint density at radius 1 is 1.24 bits per heavy atom. The lowest BCUT2D eigenvalue weighted by atomic mass is 10.2. The topological polar surface area (TPSA) is 115 Å². The van der Waals surface area contributed by atoms with Crippen molar-refractivity contribution in [3.05, 3.63) is 41.7 Å². The summed E-state index contributed by atoms with van der Waals surface area (Å²) in [4.78, 5) is 17.0. The van der Waals surface area contributed by atoms with Gasteiger partial charge in [-0.25, -0.2) is 18.1 Å². The van der Waals surface area contributed by atoms with E-state index in [1.165, 1.54) is 31.5 Å². The van der Waals surface area contributed by atoms with Crippen LogP contribution in [0.4, 0.5) is 5.69 Å². The molecule has 1 amide bonds. The number of aromatic nitrogens is 3. The number of carbonyl (C=O) groups is 1. The number of anilines is 1. The van der Waals surface area contributed by atoms with Gasteiger partial charge in [-0.15, -0.1) is 0 Å². The van der Waals surface area contributed by atoms with Crippen LogP contribution in [0, 0.1) is 6.92 Å². The third-order valence-corrected chi connectivity index (χ3v) is 5.91. The zero-order chi connectivity index (χ0) is 21.3. The minimum atomic E-state index is -3.84. The molecule has 1 aromatic carbocycles. The summed E-state index contributed by atoms with van der Waals surface area (Å²) in [6, 6.07) is 5.73. The molecule has 3 aromatic rings. The Kier molecular flexibility index (Phi) is 5.58. The Balaban J connectivity index is 1.93. The summed E-state index contributed by atoms with van der Waals surface area (Å²) in [7, 11) is -0.669. The van der Waals surface area contributed by atoms with Gasteiger partial charge in [0.1, 0.15) is 10.6 Å². The van der Waals surface area contributed by atoms with Gasteiger partial charge in [0.2, 0.25) is 10.0 Å². The van der Waals surface area contributed by atoms with Crippen LogP contribution in [0.5, 0.6) is 5.75 Å². The third-order valence-electron chi connectivity index (χ3n) is 4.23. The standard InChI is InChI=1S/C19H23N5O4S/c1-11(2)23-29(26,27)17-8-13(6-7-16(17)28-5)19(25)21-14-9-15-12(3)22-24(4)18(15)20-10-14/h6-11,23H,1-5H3,(H,21,25). The molecule has 0 spiro atoms. The van der Waals surface area contributed by atoms with Crippen molar-refractivity contribution < 1.29 is 17.9 Å². The largest absolute Gasteiger partial charge is 0.495 e. The molecule has 0 radical (unpaired) electrons. The van der Waals surface area contributed by atoms with E-state index in [0.29, 0.717) is 11.3 Å². The quantitative estimate of drug-likeness (QED) is 0.635. The molecule has 0 saturated heterocycles. The molecule has 0 saturated carbocycles. The predicted octanol–water partition coefficient (Wildman–Crippen LogP) is 2.22. The summed E-state index contributed by atoms with van der Waals surface area (Å²) >= 11 is 0. The number of benzene rings is 1. The highest BCUT2D eigenvalue weighted by Gasteiger charge is 2.22. The van der Waals surface area contributed by atoms with Crippen molar-refractivity contribution in [2.24, 2.45) is 7.05 Å². The molecule has 0 unspecified atom stereocenters. The normalized spacial score (nSPS) is 11.8. The summed E-state index contributed by atoms with van der Waals surface area (Å²) in [5.74, 6) is -0.305. The maximum absolute atomic E-state index is 12.7. The first kappa shape index (κ1) is 20.7. The second-order valence-corrected chi connectivity index (χ2v) is 8.58. The average molecular weight is 417 g/mol. The molecule has 2 heterocycles. The smallest absolute Gasteiger partial charge is 0.255 e. The number of rotatable bonds is 6. The van der Waals surface area contributed by atoms with Crippen molar-refractivity contribution in [3.63, 3.8) is 0 Å². The van der Waals surface area contributed by atoms with Gasteiger partial charge in [0, 0.05) is 24.0 Å². The van der Waals surface area contributed by atoms with Crippen LogP contribution >= 0.6 is 0 Å². The molecule has 29 heavy (non-hydrogen) atoms. The number of nitrogens with zero attached hydrogens (tertiary/aromatic N) is 3. The summed E-state index contributed by atoms with van der Waals surface area (Å²) in [6.45, 7) is 5.28. The summed E-state index contributed by atoms with van der Waals surface area (Å²) in [5, 5.41) is 7.88. The molecular weight excluding hydrogens is 394 g/mol. The molecule has 0 aliphatic rings. The van der Waals surface area contributed by atoms with Gasteiger partial charge in [-0.2, -0.15) is 5.10 Å². The number of amides is 1. The van der Waals surface area contributed by atoms with Crippen LogP contribution in [0.2, 0.25) is 0 Å². The molecule has 0 bridgehead atoms. The number of sulfonamides is 1. The monoisotopic (exact) mass is 417 g/mol. The number of hydrogen-bond acceptors (Lipinski definition) is 6. The fraction of sp³-hybridized carbons (Fsp3) is 0.316. The lowest BCUT2D eigenvalue weighted by Gasteiger charge is -2.14. The number of nitrogens with one attached hydrogen (secondary N) is 2. The zero-order valence-corrected chi connectivity index (χ0v) is 17.7. The molecule has 2 aromatic heterocycles. The number of carbonyl (C=O) groups excluding carboxylic acids is 1. The van der Waals surface area contributed by atoms with Gasteiger partial charge in [0.05, 0.1) is 24.7 Å². The summed E-state index contributed by atoms with van der Waals surface area (Å²) in [6.07, 6.45) is 1.53. The Hall–Kier alpha value is -2.98. The van der Waals surface area contributed by atoms with Crippen LogP contribution < -0.4 is 14.8 Å². The molecule has 3 rings (SSSR count). The van der Waals surface area contributed by atoms with Crippen LogP contribution in [0.25, 0.3) is 11.0 Å². The molecule has 0 aliphatic carbocycles. The van der Waals surface area contributed by atoms with Crippen LogP contribution in [-0.4, -0.2) is 42.2 Å². The minimum absolute atomic E-state index is 0.0990. The van der Waals surface area contributed by atoms with E-state index >= 15 is 0 Å². The first-order valence-corrected chi connectivity index (χ1v) is 10.4. The Morgan fingerprint density at radius 3 is 2.62 bits per heavy atom. The molecule has 9 nitrogen and oxygen atoms in total. The number of aryl methyl sites for hydroxylation is 2. The highest BCUT2D eigenvalue weighted by atomic mass is 32.2. The van der Waals surface area contributed by atoms with Gasteiger partial charge in [-0.05, 0) is 45.0 Å². The van der Waals surface area contributed by atoms with Gasteiger partial charge in [0.25, 0.3) is 5.91 Å². The third kappa shape index (κ3) is 4.22. The maximum atomic E-state index is 12.7. The predicted molar refractivity (Wildman–Crippen MR) is 110 cm³/mol. The van der Waals surface area contributed by atoms with Crippen LogP contribution in [0.3, 0.4) is 0 Å². The lowest BCUT2D eigenvalue weighted by molar-refractivity contribution is 0.102. The van der Waals surface area contributed by atoms with Gasteiger partial charge >= 0.3 is 0 Å². The first-order valence-electron chi connectivity index (χ1n) is 8.93. The van der Waals surface area contributed by atoms with Gasteiger partial charge in [-0.3, -0.25) is 9.48 Å². The van der Waals surface area contributed by atoms with E-state index in [4.69, 9.17) is 4.74 Å². The number of ether oxygens (including phenoxy) is 1. The van der Waals surface area contributed by atoms with Crippen LogP contribution in [0.15, 0.2) is 35.4 Å². The highest BCUT2D eigenvalue weighted by molar-refractivity contribution is 7.89. The Bertz CT molecular complexity index is 1180. The molecule has 0 atom stereocenters. The van der Waals surface area contributed by atoms with Gasteiger partial charge in [0.15, 0.2) is 5.65 Å². The van der Waals surface area contributed by atoms with Crippen molar-refractivity contribution in [2.45, 2.75) is 31.7 Å². The Labute approximate surface area is 169 Å². The molecular formula is C19H23N5O4S. The van der Waals surface area contributed by atoms with Crippen molar-refractivity contribution in [3.8, 4) is 5.75 Å². The number of methoxy groups -OCH3 is 1. The van der Waals surface area contributed by atoms with Crippen LogP contribution in [0.1, 0.15) is 29.9 Å². The fourth-order valence-corrected chi connectivity index (χ4v) is 4.43. The van der Waals surface area contributed by atoms with E-state index in [1.807, 2.05) is 6.92 Å². The van der Waals surface area contributed by atoms with E-state index in [2.05, 4.69) is 20.1 Å². The molecule has 0 fully saturated rings. The molecule has 154 valence electrons. The maximum Gasteiger partial charge on any atom is 0.255 e. The second-order valence-electron chi connectivity index (χ2n) is 6.90. The van der Waals surface area contributed by atoms with Crippen molar-refractivity contribution in [1.29, 1.82) is 0 Å². The first-order chi connectivity index (χ1) is 13.6. The van der Waals surface area contributed by atoms with Crippen molar-refractivity contribution in [2.75, 3.05) is 12.4 Å². The zero-order valence-electron chi connectivity index (χ0n) is 16.8. The second kappa shape index (κ2) is 7.80. The number of pyridine rings is 1. The van der Waals surface area contributed by atoms with Gasteiger partial charge in [-0.1, -0.05) is 0 Å². The molecule has 0 aliphatic heterocycles. The Morgan fingerprint density at radius 2 is 1.97 bits per heavy atom. The minimum Gasteiger partial charge on any atom is -0.495 e. The van der Waals surface area contributed by atoms with E-state index in [9.17, 15) is 13.2 Å². The molecule has 10 heteroatoms. The molecule has 2 N–H and O–H groups in total. The summed E-state index contributed by atoms with van der Waals surface area (Å²) < 4.78 is 34.5. The fourth-order valence-electron chi connectivity index (χ4n) is 2.98. The van der Waals surface area contributed by atoms with Crippen LogP contribution in [-0.2, 0) is 17.1 Å². The van der Waals surface area contributed by atoms with E-state index in [-0.39, 0.29) is 22.3 Å². The van der Waals surface area contributed by atoms with Gasteiger partial charge < -0.3 is 10.1 Å².